The van der Waals surface area contributed by atoms with Gasteiger partial charge in [0.05, 0.1) is 10.5 Å². The van der Waals surface area contributed by atoms with Crippen molar-refractivity contribution in [1.29, 1.82) is 0 Å². The highest BCUT2D eigenvalue weighted by molar-refractivity contribution is 7.89. The number of primary sulfonamides is 1. The topological polar surface area (TPSA) is 80.5 Å². The Bertz CT molecular complexity index is 676. The molecule has 1 amide bonds. The standard InChI is InChI=1S/C13H16F2N2O3S/c1-8-3-2-4-17(7-8)13(18)9-5-10(14)11(15)6-12(9)21(16,19)20/h5-6,8H,2-4,7H2,1H3,(H2,16,19,20). The van der Waals surface area contributed by atoms with Crippen LogP contribution in [0.5, 0.6) is 0 Å². The summed E-state index contributed by atoms with van der Waals surface area (Å²) in [7, 11) is -4.32. The van der Waals surface area contributed by atoms with E-state index < -0.39 is 38.0 Å². The first-order valence-corrected chi connectivity index (χ1v) is 8.06. The Balaban J connectivity index is 2.47. The summed E-state index contributed by atoms with van der Waals surface area (Å²) >= 11 is 0. The number of likely N-dealkylation sites (tertiary alicyclic amines) is 1. The molecular weight excluding hydrogens is 302 g/mol. The molecule has 0 aliphatic carbocycles. The third-order valence-electron chi connectivity index (χ3n) is 3.50. The average molecular weight is 318 g/mol. The van der Waals surface area contributed by atoms with E-state index in [1.54, 1.807) is 0 Å². The molecule has 5 nitrogen and oxygen atoms in total. The zero-order chi connectivity index (χ0) is 15.8. The predicted octanol–water partition coefficient (Wildman–Crippen LogP) is 1.48. The zero-order valence-corrected chi connectivity index (χ0v) is 12.3. The molecule has 116 valence electrons. The van der Waals surface area contributed by atoms with Gasteiger partial charge in [-0.3, -0.25) is 4.79 Å². The number of nitrogens with two attached hydrogens (primary N) is 1. The number of piperidine rings is 1. The second-order valence-corrected chi connectivity index (χ2v) is 6.84. The van der Waals surface area contributed by atoms with Gasteiger partial charge in [-0.05, 0) is 30.9 Å². The maximum absolute atomic E-state index is 13.4. The van der Waals surface area contributed by atoms with E-state index in [1.165, 1.54) is 4.90 Å². The van der Waals surface area contributed by atoms with E-state index in [-0.39, 0.29) is 5.92 Å². The van der Waals surface area contributed by atoms with Crippen molar-refractivity contribution >= 4 is 15.9 Å². The van der Waals surface area contributed by atoms with E-state index in [0.717, 1.165) is 12.8 Å². The lowest BCUT2D eigenvalue weighted by atomic mass is 9.99. The number of hydrogen-bond donors (Lipinski definition) is 1. The Morgan fingerprint density at radius 1 is 1.33 bits per heavy atom. The van der Waals surface area contributed by atoms with Crippen molar-refractivity contribution in [2.45, 2.75) is 24.7 Å². The Morgan fingerprint density at radius 2 is 1.95 bits per heavy atom. The van der Waals surface area contributed by atoms with Gasteiger partial charge in [-0.25, -0.2) is 22.3 Å². The Kier molecular flexibility index (Phi) is 4.29. The summed E-state index contributed by atoms with van der Waals surface area (Å²) in [5, 5.41) is 4.98. The molecule has 1 aliphatic heterocycles. The van der Waals surface area contributed by atoms with Crippen LogP contribution in [-0.4, -0.2) is 32.3 Å². The number of benzene rings is 1. The summed E-state index contributed by atoms with van der Waals surface area (Å²) in [6.07, 6.45) is 1.74. The van der Waals surface area contributed by atoms with Crippen molar-refractivity contribution in [1.82, 2.24) is 4.90 Å². The summed E-state index contributed by atoms with van der Waals surface area (Å²) in [4.78, 5) is 13.1. The molecule has 21 heavy (non-hydrogen) atoms. The van der Waals surface area contributed by atoms with Gasteiger partial charge in [-0.2, -0.15) is 0 Å². The van der Waals surface area contributed by atoms with E-state index in [4.69, 9.17) is 5.14 Å². The van der Waals surface area contributed by atoms with E-state index in [0.29, 0.717) is 25.2 Å². The van der Waals surface area contributed by atoms with Gasteiger partial charge < -0.3 is 4.90 Å². The number of rotatable bonds is 2. The van der Waals surface area contributed by atoms with Gasteiger partial charge in [0, 0.05) is 13.1 Å². The number of amides is 1. The van der Waals surface area contributed by atoms with Crippen LogP contribution < -0.4 is 5.14 Å². The maximum Gasteiger partial charge on any atom is 0.255 e. The van der Waals surface area contributed by atoms with Gasteiger partial charge in [-0.15, -0.1) is 0 Å². The lowest BCUT2D eigenvalue weighted by Gasteiger charge is -2.31. The molecule has 1 saturated heterocycles. The monoisotopic (exact) mass is 318 g/mol. The zero-order valence-electron chi connectivity index (χ0n) is 11.5. The number of nitrogens with zero attached hydrogens (tertiary/aromatic N) is 1. The van der Waals surface area contributed by atoms with Crippen molar-refractivity contribution in [3.8, 4) is 0 Å². The minimum absolute atomic E-state index is 0.269. The van der Waals surface area contributed by atoms with Gasteiger partial charge >= 0.3 is 0 Å². The average Bonchev–Trinajstić information content (AvgIpc) is 2.39. The lowest BCUT2D eigenvalue weighted by Crippen LogP contribution is -2.40. The van der Waals surface area contributed by atoms with Crippen molar-refractivity contribution in [2.24, 2.45) is 11.1 Å². The maximum atomic E-state index is 13.4. The molecule has 2 rings (SSSR count). The first-order chi connectivity index (χ1) is 9.70. The summed E-state index contributed by atoms with van der Waals surface area (Å²) in [5.74, 6) is -3.02. The first-order valence-electron chi connectivity index (χ1n) is 6.51. The molecule has 1 aromatic carbocycles. The number of carbonyl (C=O) groups excluding carboxylic acids is 1. The van der Waals surface area contributed by atoms with Crippen molar-refractivity contribution in [3.05, 3.63) is 29.3 Å². The van der Waals surface area contributed by atoms with Crippen LogP contribution in [0.1, 0.15) is 30.1 Å². The highest BCUT2D eigenvalue weighted by Gasteiger charge is 2.28. The van der Waals surface area contributed by atoms with Crippen LogP contribution in [0, 0.1) is 17.6 Å². The molecule has 1 aliphatic rings. The molecule has 0 saturated carbocycles. The predicted molar refractivity (Wildman–Crippen MR) is 72.0 cm³/mol. The highest BCUT2D eigenvalue weighted by atomic mass is 32.2. The molecule has 0 aromatic heterocycles. The third kappa shape index (κ3) is 3.38. The molecule has 2 N–H and O–H groups in total. The molecule has 1 atom stereocenters. The number of sulfonamides is 1. The molecule has 1 aromatic rings. The quantitative estimate of drug-likeness (QED) is 0.897. The Labute approximate surface area is 121 Å². The normalized spacial score (nSPS) is 19.6. The highest BCUT2D eigenvalue weighted by Crippen LogP contribution is 2.23. The van der Waals surface area contributed by atoms with Crippen LogP contribution in [0.4, 0.5) is 8.78 Å². The molecule has 0 bridgehead atoms. The van der Waals surface area contributed by atoms with Gasteiger partial charge in [-0.1, -0.05) is 6.92 Å². The van der Waals surface area contributed by atoms with E-state index in [9.17, 15) is 22.0 Å². The van der Waals surface area contributed by atoms with Gasteiger partial charge in [0.25, 0.3) is 5.91 Å². The van der Waals surface area contributed by atoms with Crippen LogP contribution in [-0.2, 0) is 10.0 Å². The molecule has 1 heterocycles. The molecule has 1 fully saturated rings. The van der Waals surface area contributed by atoms with E-state index in [1.807, 2.05) is 6.92 Å². The molecular formula is C13H16F2N2O3S. The fraction of sp³-hybridized carbons (Fsp3) is 0.462. The van der Waals surface area contributed by atoms with Gasteiger partial charge in [0.2, 0.25) is 10.0 Å². The van der Waals surface area contributed by atoms with E-state index >= 15 is 0 Å². The van der Waals surface area contributed by atoms with Crippen LogP contribution in [0.15, 0.2) is 17.0 Å². The number of hydrogen-bond acceptors (Lipinski definition) is 3. The first kappa shape index (κ1) is 15.8. The van der Waals surface area contributed by atoms with Crippen LogP contribution in [0.2, 0.25) is 0 Å². The minimum atomic E-state index is -4.32. The number of halogens is 2. The van der Waals surface area contributed by atoms with Gasteiger partial charge in [0.15, 0.2) is 11.6 Å². The fourth-order valence-corrected chi connectivity index (χ4v) is 3.20. The molecule has 0 spiro atoms. The summed E-state index contributed by atoms with van der Waals surface area (Å²) in [6.45, 7) is 2.86. The molecule has 0 radical (unpaired) electrons. The van der Waals surface area contributed by atoms with Crippen molar-refractivity contribution in [2.75, 3.05) is 13.1 Å². The third-order valence-corrected chi connectivity index (χ3v) is 4.45. The van der Waals surface area contributed by atoms with E-state index in [2.05, 4.69) is 0 Å². The largest absolute Gasteiger partial charge is 0.338 e. The molecule has 8 heteroatoms. The summed E-state index contributed by atoms with van der Waals surface area (Å²) in [6, 6.07) is 1.04. The van der Waals surface area contributed by atoms with Gasteiger partial charge in [0.1, 0.15) is 0 Å². The van der Waals surface area contributed by atoms with Crippen LogP contribution >= 0.6 is 0 Å². The second-order valence-electron chi connectivity index (χ2n) is 5.31. The smallest absolute Gasteiger partial charge is 0.255 e. The minimum Gasteiger partial charge on any atom is -0.338 e. The number of carbonyl (C=O) groups is 1. The second kappa shape index (κ2) is 5.69. The van der Waals surface area contributed by atoms with Crippen LogP contribution in [0.25, 0.3) is 0 Å². The Morgan fingerprint density at radius 3 is 2.52 bits per heavy atom. The van der Waals surface area contributed by atoms with Crippen molar-refractivity contribution < 1.29 is 22.0 Å². The summed E-state index contributed by atoms with van der Waals surface area (Å²) in [5.41, 5.74) is -0.425. The molecule has 1 unspecified atom stereocenters. The fourth-order valence-electron chi connectivity index (χ4n) is 2.48. The summed E-state index contributed by atoms with van der Waals surface area (Å²) < 4.78 is 49.6. The van der Waals surface area contributed by atoms with Crippen LogP contribution in [0.3, 0.4) is 0 Å². The SMILES string of the molecule is CC1CCCN(C(=O)c2cc(F)c(F)cc2S(N)(=O)=O)C1. The van der Waals surface area contributed by atoms with Crippen molar-refractivity contribution in [3.63, 3.8) is 0 Å². The Hall–Kier alpha value is -1.54. The lowest BCUT2D eigenvalue weighted by molar-refractivity contribution is 0.0678.